The van der Waals surface area contributed by atoms with Gasteiger partial charge in [-0.25, -0.2) is 0 Å². The molecule has 0 bridgehead atoms. The Morgan fingerprint density at radius 2 is 2.33 bits per heavy atom. The van der Waals surface area contributed by atoms with Crippen LogP contribution in [0.25, 0.3) is 0 Å². The topological polar surface area (TPSA) is 40.5 Å². The molecule has 1 N–H and O–H groups in total. The summed E-state index contributed by atoms with van der Waals surface area (Å²) in [5.74, 6) is 0.646. The molecule has 2 rings (SSSR count). The maximum absolute atomic E-state index is 11.4. The van der Waals surface area contributed by atoms with E-state index in [-0.39, 0.29) is 6.61 Å². The maximum Gasteiger partial charge on any atom is 0.222 e. The fraction of sp³-hybridized carbons (Fsp3) is 0.889. The van der Waals surface area contributed by atoms with Crippen LogP contribution in [0.15, 0.2) is 0 Å². The zero-order valence-corrected chi connectivity index (χ0v) is 7.20. The summed E-state index contributed by atoms with van der Waals surface area (Å²) in [7, 11) is 0. The van der Waals surface area contributed by atoms with Crippen molar-refractivity contribution in [2.45, 2.75) is 31.7 Å². The average molecular weight is 169 g/mol. The molecule has 2 aliphatic rings. The molecular weight excluding hydrogens is 154 g/mol. The monoisotopic (exact) mass is 169 g/mol. The molecule has 0 saturated carbocycles. The number of rotatable bonds is 1. The number of hydrogen-bond acceptors (Lipinski definition) is 2. The van der Waals surface area contributed by atoms with Crippen molar-refractivity contribution in [3.8, 4) is 0 Å². The van der Waals surface area contributed by atoms with E-state index in [0.29, 0.717) is 24.3 Å². The fourth-order valence-corrected chi connectivity index (χ4v) is 2.45. The number of fused-ring (bicyclic) bond motifs is 1. The van der Waals surface area contributed by atoms with Crippen LogP contribution < -0.4 is 0 Å². The van der Waals surface area contributed by atoms with Crippen LogP contribution in [-0.2, 0) is 4.79 Å². The SMILES string of the molecule is O=C1CC[C@@H](CO)[C@@H]2CCCN12. The highest BCUT2D eigenvalue weighted by molar-refractivity contribution is 5.77. The predicted molar refractivity (Wildman–Crippen MR) is 44.5 cm³/mol. The number of aliphatic hydroxyl groups excluding tert-OH is 1. The first-order chi connectivity index (χ1) is 5.83. The second kappa shape index (κ2) is 3.05. The predicted octanol–water partition coefficient (Wildman–Crippen LogP) is 0.380. The summed E-state index contributed by atoms with van der Waals surface area (Å²) in [6.45, 7) is 1.16. The molecule has 0 aromatic rings. The van der Waals surface area contributed by atoms with Gasteiger partial charge in [0.25, 0.3) is 0 Å². The third-order valence-corrected chi connectivity index (χ3v) is 3.13. The molecule has 2 atom stereocenters. The van der Waals surface area contributed by atoms with E-state index in [4.69, 9.17) is 5.11 Å². The fourth-order valence-electron chi connectivity index (χ4n) is 2.45. The molecule has 3 nitrogen and oxygen atoms in total. The Bertz CT molecular complexity index is 193. The molecule has 2 fully saturated rings. The minimum Gasteiger partial charge on any atom is -0.396 e. The van der Waals surface area contributed by atoms with Crippen molar-refractivity contribution in [3.05, 3.63) is 0 Å². The lowest BCUT2D eigenvalue weighted by Gasteiger charge is -2.35. The standard InChI is InChI=1S/C9H15NO2/c11-6-7-3-4-9(12)10-5-1-2-8(7)10/h7-8,11H,1-6H2/t7-,8-/m0/s1. The molecule has 2 saturated heterocycles. The van der Waals surface area contributed by atoms with Crippen LogP contribution in [-0.4, -0.2) is 35.1 Å². The Morgan fingerprint density at radius 1 is 1.50 bits per heavy atom. The summed E-state index contributed by atoms with van der Waals surface area (Å²) in [4.78, 5) is 13.3. The highest BCUT2D eigenvalue weighted by Crippen LogP contribution is 2.31. The number of carbonyl (C=O) groups excluding carboxylic acids is 1. The van der Waals surface area contributed by atoms with Crippen molar-refractivity contribution < 1.29 is 9.90 Å². The third kappa shape index (κ3) is 1.12. The van der Waals surface area contributed by atoms with Crippen LogP contribution >= 0.6 is 0 Å². The van der Waals surface area contributed by atoms with E-state index >= 15 is 0 Å². The van der Waals surface area contributed by atoms with Gasteiger partial charge >= 0.3 is 0 Å². The van der Waals surface area contributed by atoms with Crippen molar-refractivity contribution in [2.24, 2.45) is 5.92 Å². The second-order valence-corrected chi connectivity index (χ2v) is 3.78. The van der Waals surface area contributed by atoms with Crippen LogP contribution in [0.4, 0.5) is 0 Å². The van der Waals surface area contributed by atoms with Gasteiger partial charge in [0.05, 0.1) is 0 Å². The molecule has 0 aromatic carbocycles. The van der Waals surface area contributed by atoms with E-state index in [1.54, 1.807) is 0 Å². The van der Waals surface area contributed by atoms with Crippen molar-refractivity contribution in [1.29, 1.82) is 0 Å². The summed E-state index contributed by atoms with van der Waals surface area (Å²) < 4.78 is 0. The number of carbonyl (C=O) groups is 1. The molecule has 1 amide bonds. The van der Waals surface area contributed by atoms with Crippen molar-refractivity contribution in [2.75, 3.05) is 13.2 Å². The minimum atomic E-state index is 0.244. The van der Waals surface area contributed by atoms with Crippen LogP contribution in [0.5, 0.6) is 0 Å². The van der Waals surface area contributed by atoms with Gasteiger partial charge in [-0.1, -0.05) is 0 Å². The first kappa shape index (κ1) is 8.05. The summed E-state index contributed by atoms with van der Waals surface area (Å²) in [5, 5.41) is 9.09. The van der Waals surface area contributed by atoms with Gasteiger partial charge in [-0.05, 0) is 19.3 Å². The Balaban J connectivity index is 2.10. The summed E-state index contributed by atoms with van der Waals surface area (Å²) in [5.41, 5.74) is 0. The Morgan fingerprint density at radius 3 is 3.08 bits per heavy atom. The van der Waals surface area contributed by atoms with Gasteiger partial charge in [0.1, 0.15) is 0 Å². The lowest BCUT2D eigenvalue weighted by Crippen LogP contribution is -2.45. The smallest absolute Gasteiger partial charge is 0.222 e. The summed E-state index contributed by atoms with van der Waals surface area (Å²) in [6.07, 6.45) is 3.74. The molecule has 68 valence electrons. The molecular formula is C9H15NO2. The normalized spacial score (nSPS) is 35.4. The van der Waals surface area contributed by atoms with E-state index in [0.717, 1.165) is 25.8 Å². The molecule has 0 aromatic heterocycles. The Labute approximate surface area is 72.4 Å². The summed E-state index contributed by atoms with van der Waals surface area (Å²) >= 11 is 0. The van der Waals surface area contributed by atoms with Crippen LogP contribution in [0.2, 0.25) is 0 Å². The van der Waals surface area contributed by atoms with Gasteiger partial charge < -0.3 is 10.0 Å². The minimum absolute atomic E-state index is 0.244. The number of hydrogen-bond donors (Lipinski definition) is 1. The van der Waals surface area contributed by atoms with E-state index in [1.807, 2.05) is 4.90 Å². The average Bonchev–Trinajstić information content (AvgIpc) is 2.54. The third-order valence-electron chi connectivity index (χ3n) is 3.13. The maximum atomic E-state index is 11.4. The molecule has 12 heavy (non-hydrogen) atoms. The van der Waals surface area contributed by atoms with Gasteiger partial charge in [0.2, 0.25) is 5.91 Å². The molecule has 0 spiro atoms. The Hall–Kier alpha value is -0.570. The van der Waals surface area contributed by atoms with Crippen LogP contribution in [0, 0.1) is 5.92 Å². The quantitative estimate of drug-likeness (QED) is 0.616. The van der Waals surface area contributed by atoms with Crippen molar-refractivity contribution >= 4 is 5.91 Å². The zero-order valence-electron chi connectivity index (χ0n) is 7.20. The van der Waals surface area contributed by atoms with Gasteiger partial charge in [0.15, 0.2) is 0 Å². The number of aliphatic hydroxyl groups is 1. The van der Waals surface area contributed by atoms with Gasteiger partial charge in [-0.15, -0.1) is 0 Å². The highest BCUT2D eigenvalue weighted by atomic mass is 16.3. The molecule has 2 aliphatic heterocycles. The van der Waals surface area contributed by atoms with Gasteiger partial charge in [-0.2, -0.15) is 0 Å². The molecule has 3 heteroatoms. The molecule has 2 heterocycles. The van der Waals surface area contributed by atoms with E-state index < -0.39 is 0 Å². The first-order valence-corrected chi connectivity index (χ1v) is 4.73. The number of nitrogens with zero attached hydrogens (tertiary/aromatic N) is 1. The molecule has 0 aliphatic carbocycles. The zero-order chi connectivity index (χ0) is 8.55. The first-order valence-electron chi connectivity index (χ1n) is 4.73. The van der Waals surface area contributed by atoms with Crippen molar-refractivity contribution in [3.63, 3.8) is 0 Å². The summed E-state index contributed by atoms with van der Waals surface area (Å²) in [6, 6.07) is 0.358. The van der Waals surface area contributed by atoms with Crippen molar-refractivity contribution in [1.82, 2.24) is 4.90 Å². The highest BCUT2D eigenvalue weighted by Gasteiger charge is 2.37. The van der Waals surface area contributed by atoms with E-state index in [1.165, 1.54) is 0 Å². The van der Waals surface area contributed by atoms with Gasteiger partial charge in [0, 0.05) is 31.5 Å². The second-order valence-electron chi connectivity index (χ2n) is 3.78. The lowest BCUT2D eigenvalue weighted by atomic mass is 9.90. The van der Waals surface area contributed by atoms with E-state index in [2.05, 4.69) is 0 Å². The molecule has 0 radical (unpaired) electrons. The van der Waals surface area contributed by atoms with Gasteiger partial charge in [-0.3, -0.25) is 4.79 Å². The number of piperidine rings is 1. The van der Waals surface area contributed by atoms with Crippen LogP contribution in [0.1, 0.15) is 25.7 Å². The lowest BCUT2D eigenvalue weighted by molar-refractivity contribution is -0.137. The Kier molecular flexibility index (Phi) is 2.05. The van der Waals surface area contributed by atoms with Crippen LogP contribution in [0.3, 0.4) is 0 Å². The number of amides is 1. The molecule has 0 unspecified atom stereocenters. The van der Waals surface area contributed by atoms with E-state index in [9.17, 15) is 4.79 Å². The largest absolute Gasteiger partial charge is 0.396 e.